The Morgan fingerprint density at radius 1 is 0.511 bits per heavy atom. The van der Waals surface area contributed by atoms with Gasteiger partial charge in [0.25, 0.3) is 0 Å². The highest BCUT2D eigenvalue weighted by Crippen LogP contribution is 2.70. The number of nitrogens with zero attached hydrogens (tertiary/aromatic N) is 1. The fourth-order valence-corrected chi connectivity index (χ4v) is 11.1. The van der Waals surface area contributed by atoms with Crippen LogP contribution in [0, 0.1) is 23.7 Å². The number of fused-ring (bicyclic) bond motifs is 8. The lowest BCUT2D eigenvalue weighted by Gasteiger charge is -2.61. The lowest BCUT2D eigenvalue weighted by Crippen LogP contribution is -2.55. The van der Waals surface area contributed by atoms with Crippen LogP contribution in [0.4, 0.5) is 0 Å². The minimum absolute atomic E-state index is 0.106. The molecule has 5 aliphatic rings. The number of aromatic nitrogens is 1. The summed E-state index contributed by atoms with van der Waals surface area (Å²) in [5.74, 6) is 3.31. The van der Waals surface area contributed by atoms with Gasteiger partial charge in [0.05, 0.1) is 11.0 Å². The quantitative estimate of drug-likeness (QED) is 0.193. The van der Waals surface area contributed by atoms with Crippen LogP contribution in [0.1, 0.15) is 43.2 Å². The smallest absolute Gasteiger partial charge is 0.0588 e. The van der Waals surface area contributed by atoms with Crippen LogP contribution in [0.25, 0.3) is 60.5 Å². The van der Waals surface area contributed by atoms with Crippen LogP contribution < -0.4 is 0 Å². The van der Waals surface area contributed by atoms with Crippen molar-refractivity contribution < 1.29 is 0 Å². The molecule has 0 amide bonds. The molecular formula is C44H35N. The van der Waals surface area contributed by atoms with Crippen molar-refractivity contribution in [1.29, 1.82) is 0 Å². The van der Waals surface area contributed by atoms with Gasteiger partial charge in [-0.3, -0.25) is 0 Å². The molecule has 0 radical (unpaired) electrons. The van der Waals surface area contributed by atoms with Crippen molar-refractivity contribution in [2.45, 2.75) is 37.5 Å². The van der Waals surface area contributed by atoms with Crippen LogP contribution in [0.3, 0.4) is 0 Å². The molecule has 1 aromatic heterocycles. The monoisotopic (exact) mass is 577 g/mol. The molecule has 0 unspecified atom stereocenters. The highest BCUT2D eigenvalue weighted by molar-refractivity contribution is 6.16. The van der Waals surface area contributed by atoms with Gasteiger partial charge >= 0.3 is 0 Å². The normalized spacial score (nSPS) is 25.9. The number of benzene rings is 6. The second-order valence-electron chi connectivity index (χ2n) is 14.6. The summed E-state index contributed by atoms with van der Waals surface area (Å²) in [5, 5.41) is 5.40. The van der Waals surface area contributed by atoms with Gasteiger partial charge in [0, 0.05) is 21.9 Å². The third kappa shape index (κ3) is 3.14. The first kappa shape index (κ1) is 24.7. The topological polar surface area (TPSA) is 4.93 Å². The van der Waals surface area contributed by atoms with Crippen LogP contribution in [-0.4, -0.2) is 4.57 Å². The Balaban J connectivity index is 1.27. The molecule has 4 bridgehead atoms. The zero-order valence-electron chi connectivity index (χ0n) is 25.4. The first-order valence-corrected chi connectivity index (χ1v) is 17.0. The molecular weight excluding hydrogens is 542 g/mol. The van der Waals surface area contributed by atoms with Crippen LogP contribution in [-0.2, 0) is 5.41 Å². The standard InChI is InChI=1S/C44H35N/c1-2-8-29(9-3-1)30-14-16-35(17-15-30)45-41-26-32-11-5-4-10-31(32)25-39(41)38-19-18-37-36-12-6-7-13-40(36)44(42(37)43(38)45)33-21-27-20-28(23-33)24-34(44)22-27/h1-19,25-28,33-34H,20-24H2. The molecule has 4 fully saturated rings. The van der Waals surface area contributed by atoms with Gasteiger partial charge in [-0.05, 0) is 124 Å². The molecule has 12 rings (SSSR count). The molecule has 1 heterocycles. The summed E-state index contributed by atoms with van der Waals surface area (Å²) in [5.41, 5.74) is 12.9. The maximum absolute atomic E-state index is 2.66. The third-order valence-electron chi connectivity index (χ3n) is 12.5. The molecule has 5 aliphatic carbocycles. The molecule has 45 heavy (non-hydrogen) atoms. The van der Waals surface area contributed by atoms with E-state index in [0.29, 0.717) is 0 Å². The molecule has 0 aliphatic heterocycles. The van der Waals surface area contributed by atoms with Crippen molar-refractivity contribution in [3.8, 4) is 27.9 Å². The summed E-state index contributed by atoms with van der Waals surface area (Å²) in [6.45, 7) is 0. The molecule has 7 aromatic rings. The first-order valence-electron chi connectivity index (χ1n) is 17.0. The maximum atomic E-state index is 2.66. The molecule has 0 N–H and O–H groups in total. The second kappa shape index (κ2) is 8.76. The number of rotatable bonds is 2. The zero-order valence-corrected chi connectivity index (χ0v) is 25.4. The van der Waals surface area contributed by atoms with Gasteiger partial charge in [0.1, 0.15) is 0 Å². The van der Waals surface area contributed by atoms with Crippen molar-refractivity contribution in [3.63, 3.8) is 0 Å². The Hall–Kier alpha value is -4.62. The van der Waals surface area contributed by atoms with E-state index >= 15 is 0 Å². The molecule has 1 nitrogen and oxygen atoms in total. The van der Waals surface area contributed by atoms with Crippen molar-refractivity contribution in [1.82, 2.24) is 4.57 Å². The third-order valence-corrected chi connectivity index (χ3v) is 12.5. The van der Waals surface area contributed by atoms with E-state index in [2.05, 4.69) is 132 Å². The van der Waals surface area contributed by atoms with Gasteiger partial charge in [-0.1, -0.05) is 103 Å². The highest BCUT2D eigenvalue weighted by Gasteiger charge is 2.62. The summed E-state index contributed by atoms with van der Waals surface area (Å²) < 4.78 is 2.66. The Morgan fingerprint density at radius 2 is 1.16 bits per heavy atom. The maximum Gasteiger partial charge on any atom is 0.0588 e. The van der Waals surface area contributed by atoms with Crippen molar-refractivity contribution in [2.75, 3.05) is 0 Å². The summed E-state index contributed by atoms with van der Waals surface area (Å²) in [6, 6.07) is 48.4. The summed E-state index contributed by atoms with van der Waals surface area (Å²) in [4.78, 5) is 0. The van der Waals surface area contributed by atoms with Gasteiger partial charge in [-0.25, -0.2) is 0 Å². The SMILES string of the molecule is c1ccc(-c2ccc(-n3c4cc5ccccc5cc4c4ccc5c(c43)C3(c4ccccc4-5)C4CC5CC(C4)CC3C5)cc2)cc1. The summed E-state index contributed by atoms with van der Waals surface area (Å²) in [7, 11) is 0. The van der Waals surface area contributed by atoms with Gasteiger partial charge in [-0.2, -0.15) is 0 Å². The minimum Gasteiger partial charge on any atom is -0.309 e. The van der Waals surface area contributed by atoms with Crippen molar-refractivity contribution in [3.05, 3.63) is 139 Å². The van der Waals surface area contributed by atoms with Gasteiger partial charge in [0.2, 0.25) is 0 Å². The van der Waals surface area contributed by atoms with E-state index in [-0.39, 0.29) is 5.41 Å². The predicted molar refractivity (Wildman–Crippen MR) is 187 cm³/mol. The van der Waals surface area contributed by atoms with Crippen LogP contribution in [0.15, 0.2) is 127 Å². The fraction of sp³-hybridized carbons (Fsp3) is 0.227. The highest BCUT2D eigenvalue weighted by atomic mass is 15.0. The van der Waals surface area contributed by atoms with Gasteiger partial charge in [0.15, 0.2) is 0 Å². The molecule has 0 atom stereocenters. The van der Waals surface area contributed by atoms with Gasteiger partial charge < -0.3 is 4.57 Å². The van der Waals surface area contributed by atoms with Crippen molar-refractivity contribution >= 4 is 32.6 Å². The number of hydrogen-bond acceptors (Lipinski definition) is 0. The Bertz CT molecular complexity index is 2290. The van der Waals surface area contributed by atoms with E-state index in [1.54, 1.807) is 11.1 Å². The van der Waals surface area contributed by atoms with E-state index in [1.807, 2.05) is 0 Å². The molecule has 4 saturated carbocycles. The lowest BCUT2D eigenvalue weighted by atomic mass is 9.43. The van der Waals surface area contributed by atoms with E-state index in [9.17, 15) is 0 Å². The van der Waals surface area contributed by atoms with Crippen LogP contribution in [0.2, 0.25) is 0 Å². The first-order chi connectivity index (χ1) is 22.3. The van der Waals surface area contributed by atoms with E-state index < -0.39 is 0 Å². The Morgan fingerprint density at radius 3 is 1.91 bits per heavy atom. The molecule has 0 saturated heterocycles. The molecule has 216 valence electrons. The average molecular weight is 578 g/mol. The summed E-state index contributed by atoms with van der Waals surface area (Å²) in [6.07, 6.45) is 7.06. The fourth-order valence-electron chi connectivity index (χ4n) is 11.1. The van der Waals surface area contributed by atoms with E-state index in [0.717, 1.165) is 23.7 Å². The second-order valence-corrected chi connectivity index (χ2v) is 14.6. The van der Waals surface area contributed by atoms with Gasteiger partial charge in [-0.15, -0.1) is 0 Å². The Kier molecular flexibility index (Phi) is 4.80. The van der Waals surface area contributed by atoms with E-state index in [1.165, 1.54) is 92.6 Å². The minimum atomic E-state index is 0.106. The molecule has 1 spiro atoms. The summed E-state index contributed by atoms with van der Waals surface area (Å²) >= 11 is 0. The zero-order chi connectivity index (χ0) is 29.3. The predicted octanol–water partition coefficient (Wildman–Crippen LogP) is 11.3. The Labute approximate surface area is 264 Å². The average Bonchev–Trinajstić information content (AvgIpc) is 3.57. The van der Waals surface area contributed by atoms with Crippen LogP contribution in [0.5, 0.6) is 0 Å². The van der Waals surface area contributed by atoms with Crippen LogP contribution >= 0.6 is 0 Å². The molecule has 1 heteroatoms. The van der Waals surface area contributed by atoms with E-state index in [4.69, 9.17) is 0 Å². The molecule has 6 aromatic carbocycles. The van der Waals surface area contributed by atoms with Crippen molar-refractivity contribution in [2.24, 2.45) is 23.7 Å². The largest absolute Gasteiger partial charge is 0.309 e. The lowest BCUT2D eigenvalue weighted by molar-refractivity contribution is -0.0394. The number of hydrogen-bond donors (Lipinski definition) is 0.